The Kier molecular flexibility index (Phi) is 3.41. The molecule has 4 heteroatoms. The van der Waals surface area contributed by atoms with Crippen LogP contribution in [0, 0.1) is 0 Å². The van der Waals surface area contributed by atoms with E-state index >= 15 is 0 Å². The summed E-state index contributed by atoms with van der Waals surface area (Å²) in [6, 6.07) is 8.41. The van der Waals surface area contributed by atoms with Gasteiger partial charge in [-0.25, -0.2) is 8.42 Å². The molecule has 0 radical (unpaired) electrons. The first-order valence-electron chi connectivity index (χ1n) is 4.26. The van der Waals surface area contributed by atoms with Crippen LogP contribution in [0.15, 0.2) is 40.2 Å². The summed E-state index contributed by atoms with van der Waals surface area (Å²) in [5.74, 6) is -0.00644. The first-order chi connectivity index (χ1) is 6.56. The zero-order valence-electron chi connectivity index (χ0n) is 8.27. The number of benzene rings is 1. The maximum Gasteiger partial charge on any atom is 0.183 e. The molecule has 0 aliphatic carbocycles. The minimum atomic E-state index is -3.20. The highest BCUT2D eigenvalue weighted by molar-refractivity contribution is 7.92. The summed E-state index contributed by atoms with van der Waals surface area (Å²) >= 11 is 0. The molecular formula is C10H13NO2S. The molecule has 3 nitrogen and oxygen atoms in total. The fourth-order valence-corrected chi connectivity index (χ4v) is 2.47. The van der Waals surface area contributed by atoms with Crippen LogP contribution in [0.25, 0.3) is 0 Å². The van der Waals surface area contributed by atoms with Crippen LogP contribution in [0.3, 0.4) is 0 Å². The van der Waals surface area contributed by atoms with Gasteiger partial charge < -0.3 is 0 Å². The molecular weight excluding hydrogens is 198 g/mol. The summed E-state index contributed by atoms with van der Waals surface area (Å²) in [6.07, 6.45) is 0. The van der Waals surface area contributed by atoms with E-state index in [0.717, 1.165) is 0 Å². The lowest BCUT2D eigenvalue weighted by Crippen LogP contribution is -2.13. The van der Waals surface area contributed by atoms with Gasteiger partial charge >= 0.3 is 0 Å². The van der Waals surface area contributed by atoms with Crippen LogP contribution >= 0.6 is 0 Å². The molecule has 0 N–H and O–H groups in total. The summed E-state index contributed by atoms with van der Waals surface area (Å²) in [6.45, 7) is 1.71. The van der Waals surface area contributed by atoms with Crippen molar-refractivity contribution in [2.75, 3.05) is 12.8 Å². The average molecular weight is 211 g/mol. The third-order valence-corrected chi connectivity index (χ3v) is 3.67. The molecule has 1 aromatic rings. The number of hydrogen-bond donors (Lipinski definition) is 0. The molecule has 0 heterocycles. The Labute approximate surface area is 84.4 Å². The lowest BCUT2D eigenvalue weighted by Gasteiger charge is -2.02. The van der Waals surface area contributed by atoms with Gasteiger partial charge in [-0.15, -0.1) is 0 Å². The third kappa shape index (κ3) is 2.67. The van der Waals surface area contributed by atoms with Crippen molar-refractivity contribution in [1.29, 1.82) is 0 Å². The average Bonchev–Trinajstić information content (AvgIpc) is 2.18. The van der Waals surface area contributed by atoms with Crippen LogP contribution in [0.5, 0.6) is 0 Å². The van der Waals surface area contributed by atoms with E-state index in [1.54, 1.807) is 44.3 Å². The molecule has 0 amide bonds. The van der Waals surface area contributed by atoms with Crippen molar-refractivity contribution in [2.45, 2.75) is 11.8 Å². The van der Waals surface area contributed by atoms with E-state index in [2.05, 4.69) is 4.99 Å². The predicted molar refractivity (Wildman–Crippen MR) is 57.5 cm³/mol. The normalized spacial score (nSPS) is 12.9. The maximum absolute atomic E-state index is 11.7. The van der Waals surface area contributed by atoms with Crippen LogP contribution in [-0.4, -0.2) is 26.9 Å². The largest absolute Gasteiger partial charge is 0.297 e. The molecule has 0 aliphatic heterocycles. The monoisotopic (exact) mass is 211 g/mol. The minimum Gasteiger partial charge on any atom is -0.297 e. The van der Waals surface area contributed by atoms with Gasteiger partial charge in [0.2, 0.25) is 0 Å². The quantitative estimate of drug-likeness (QED) is 0.712. The van der Waals surface area contributed by atoms with Crippen LogP contribution in [0.4, 0.5) is 0 Å². The SMILES string of the molecule is CN=C(C)CS(=O)(=O)c1ccccc1. The van der Waals surface area contributed by atoms with E-state index in [9.17, 15) is 8.42 Å². The second-order valence-electron chi connectivity index (χ2n) is 3.03. The second kappa shape index (κ2) is 4.37. The first kappa shape index (κ1) is 10.9. The second-order valence-corrected chi connectivity index (χ2v) is 5.02. The topological polar surface area (TPSA) is 46.5 Å². The Morgan fingerprint density at radius 3 is 2.36 bits per heavy atom. The van der Waals surface area contributed by atoms with E-state index in [1.165, 1.54) is 0 Å². The van der Waals surface area contributed by atoms with Gasteiger partial charge in [-0.3, -0.25) is 4.99 Å². The number of nitrogens with zero attached hydrogens (tertiary/aromatic N) is 1. The van der Waals surface area contributed by atoms with E-state index in [4.69, 9.17) is 0 Å². The Bertz CT molecular complexity index is 421. The zero-order chi connectivity index (χ0) is 10.6. The van der Waals surface area contributed by atoms with Crippen molar-refractivity contribution in [3.8, 4) is 0 Å². The highest BCUT2D eigenvalue weighted by atomic mass is 32.2. The van der Waals surface area contributed by atoms with Crippen molar-refractivity contribution in [2.24, 2.45) is 4.99 Å². The van der Waals surface area contributed by atoms with Crippen molar-refractivity contribution in [3.05, 3.63) is 30.3 Å². The van der Waals surface area contributed by atoms with Crippen molar-refractivity contribution < 1.29 is 8.42 Å². The highest BCUT2D eigenvalue weighted by Crippen LogP contribution is 2.09. The van der Waals surface area contributed by atoms with Gasteiger partial charge in [-0.1, -0.05) is 18.2 Å². The number of hydrogen-bond acceptors (Lipinski definition) is 3. The van der Waals surface area contributed by atoms with Crippen molar-refractivity contribution in [3.63, 3.8) is 0 Å². The van der Waals surface area contributed by atoms with Gasteiger partial charge in [-0.2, -0.15) is 0 Å². The smallest absolute Gasteiger partial charge is 0.183 e. The summed E-state index contributed by atoms with van der Waals surface area (Å²) in [5.41, 5.74) is 0.619. The molecule has 0 atom stereocenters. The van der Waals surface area contributed by atoms with Crippen molar-refractivity contribution in [1.82, 2.24) is 0 Å². The fourth-order valence-electron chi connectivity index (χ4n) is 1.05. The molecule has 0 aromatic heterocycles. The number of rotatable bonds is 3. The Morgan fingerprint density at radius 2 is 1.86 bits per heavy atom. The molecule has 1 aromatic carbocycles. The standard InChI is InChI=1S/C10H13NO2S/c1-9(11-2)8-14(12,13)10-6-4-3-5-7-10/h3-7H,8H2,1-2H3. The van der Waals surface area contributed by atoms with Crippen LogP contribution in [0.1, 0.15) is 6.92 Å². The Balaban J connectivity index is 2.99. The van der Waals surface area contributed by atoms with E-state index < -0.39 is 9.84 Å². The zero-order valence-corrected chi connectivity index (χ0v) is 9.08. The molecule has 76 valence electrons. The molecule has 0 unspecified atom stereocenters. The van der Waals surface area contributed by atoms with E-state index in [-0.39, 0.29) is 5.75 Å². The maximum atomic E-state index is 11.7. The predicted octanol–water partition coefficient (Wildman–Crippen LogP) is 1.55. The summed E-state index contributed by atoms with van der Waals surface area (Å²) in [5, 5.41) is 0. The Hall–Kier alpha value is -1.16. The van der Waals surface area contributed by atoms with Gasteiger partial charge in [0.25, 0.3) is 0 Å². The van der Waals surface area contributed by atoms with Crippen LogP contribution < -0.4 is 0 Å². The van der Waals surface area contributed by atoms with Gasteiger partial charge in [0.05, 0.1) is 10.6 Å². The van der Waals surface area contributed by atoms with Gasteiger partial charge in [-0.05, 0) is 19.1 Å². The fraction of sp³-hybridized carbons (Fsp3) is 0.300. The van der Waals surface area contributed by atoms with Crippen LogP contribution in [0.2, 0.25) is 0 Å². The van der Waals surface area contributed by atoms with Crippen molar-refractivity contribution >= 4 is 15.5 Å². The third-order valence-electron chi connectivity index (χ3n) is 1.88. The lowest BCUT2D eigenvalue weighted by atomic mass is 10.4. The van der Waals surface area contributed by atoms with Gasteiger partial charge in [0.15, 0.2) is 9.84 Å². The summed E-state index contributed by atoms with van der Waals surface area (Å²) in [4.78, 5) is 4.19. The minimum absolute atomic E-state index is 0.00644. The summed E-state index contributed by atoms with van der Waals surface area (Å²) < 4.78 is 23.4. The van der Waals surface area contributed by atoms with Gasteiger partial charge in [0, 0.05) is 12.8 Å². The lowest BCUT2D eigenvalue weighted by molar-refractivity contribution is 0.600. The molecule has 0 aliphatic rings. The molecule has 14 heavy (non-hydrogen) atoms. The molecule has 0 bridgehead atoms. The van der Waals surface area contributed by atoms with Gasteiger partial charge in [0.1, 0.15) is 0 Å². The number of sulfone groups is 1. The van der Waals surface area contributed by atoms with Crippen LogP contribution in [-0.2, 0) is 9.84 Å². The summed E-state index contributed by atoms with van der Waals surface area (Å²) in [7, 11) is -1.61. The van der Waals surface area contributed by atoms with E-state index in [0.29, 0.717) is 10.6 Å². The van der Waals surface area contributed by atoms with E-state index in [1.807, 2.05) is 0 Å². The molecule has 0 spiro atoms. The Morgan fingerprint density at radius 1 is 1.29 bits per heavy atom. The molecule has 0 saturated carbocycles. The molecule has 1 rings (SSSR count). The first-order valence-corrected chi connectivity index (χ1v) is 5.91. The highest BCUT2D eigenvalue weighted by Gasteiger charge is 2.14. The molecule has 0 saturated heterocycles. The molecule has 0 fully saturated rings. The number of aliphatic imine (C=N–C) groups is 1.